The van der Waals surface area contributed by atoms with Crippen molar-refractivity contribution in [3.05, 3.63) is 59.7 Å². The first-order valence-electron chi connectivity index (χ1n) is 7.04. The molecule has 0 radical (unpaired) electrons. The molecule has 0 aliphatic rings. The number of hydrogen-bond donors (Lipinski definition) is 3. The molecule has 2 aromatic rings. The number of benzene rings is 2. The summed E-state index contributed by atoms with van der Waals surface area (Å²) in [6, 6.07) is 10.3. The lowest BCUT2D eigenvalue weighted by Gasteiger charge is -2.09. The predicted octanol–water partition coefficient (Wildman–Crippen LogP) is 1.50. The Morgan fingerprint density at radius 3 is 2.00 bits per heavy atom. The molecule has 9 heteroatoms. The smallest absolute Gasteiger partial charge is 0.326 e. The lowest BCUT2D eigenvalue weighted by atomic mass is 10.0. The summed E-state index contributed by atoms with van der Waals surface area (Å²) >= 11 is 0. The van der Waals surface area contributed by atoms with Gasteiger partial charge in [-0.05, 0) is 37.3 Å². The van der Waals surface area contributed by atoms with Gasteiger partial charge in [0, 0.05) is 11.3 Å². The Labute approximate surface area is 144 Å². The fourth-order valence-electron chi connectivity index (χ4n) is 2.10. The second kappa shape index (κ2) is 7.14. The summed E-state index contributed by atoms with van der Waals surface area (Å²) in [4.78, 5) is 34.4. The highest BCUT2D eigenvalue weighted by Crippen LogP contribution is 2.16. The molecular formula is C16H15N3O5S. The molecule has 3 amide bonds. The Morgan fingerprint density at radius 1 is 0.920 bits per heavy atom. The van der Waals surface area contributed by atoms with Crippen LogP contribution in [0.25, 0.3) is 0 Å². The fraction of sp³-hybridized carbons (Fsp3) is 0.0625. The topological polar surface area (TPSA) is 135 Å². The molecule has 0 saturated carbocycles. The minimum absolute atomic E-state index is 0.187. The Bertz CT molecular complexity index is 936. The van der Waals surface area contributed by atoms with Crippen LogP contribution < -0.4 is 15.8 Å². The number of carbonyl (C=O) groups excluding carboxylic acids is 3. The maximum absolute atomic E-state index is 12.3. The molecule has 0 saturated heterocycles. The summed E-state index contributed by atoms with van der Waals surface area (Å²) in [7, 11) is -4.06. The summed E-state index contributed by atoms with van der Waals surface area (Å²) in [6.45, 7) is 1.36. The van der Waals surface area contributed by atoms with Gasteiger partial charge in [0.05, 0.1) is 10.5 Å². The van der Waals surface area contributed by atoms with Gasteiger partial charge in [-0.1, -0.05) is 18.2 Å². The lowest BCUT2D eigenvalue weighted by molar-refractivity contribution is 0.0985. The van der Waals surface area contributed by atoms with E-state index in [2.05, 4.69) is 5.32 Å². The van der Waals surface area contributed by atoms with Crippen molar-refractivity contribution in [1.29, 1.82) is 0 Å². The highest BCUT2D eigenvalue weighted by atomic mass is 32.2. The fourth-order valence-corrected chi connectivity index (χ4v) is 2.97. The number of rotatable bonds is 5. The predicted molar refractivity (Wildman–Crippen MR) is 90.7 cm³/mol. The molecule has 2 aromatic carbocycles. The molecule has 2 rings (SSSR count). The molecule has 0 aliphatic heterocycles. The zero-order valence-corrected chi connectivity index (χ0v) is 14.0. The summed E-state index contributed by atoms with van der Waals surface area (Å²) in [5.74, 6) is -0.749. The number of primary amides is 1. The number of Topliss-reactive ketones (excluding diaryl/α,β-unsaturated/α-hetero) is 1. The van der Waals surface area contributed by atoms with Gasteiger partial charge in [-0.25, -0.2) is 17.9 Å². The van der Waals surface area contributed by atoms with Gasteiger partial charge in [0.2, 0.25) is 0 Å². The number of carbonyl (C=O) groups is 3. The number of amides is 3. The molecule has 4 N–H and O–H groups in total. The quantitative estimate of drug-likeness (QED) is 0.693. The van der Waals surface area contributed by atoms with Gasteiger partial charge >= 0.3 is 6.03 Å². The van der Waals surface area contributed by atoms with Crippen LogP contribution in [0, 0.1) is 0 Å². The monoisotopic (exact) mass is 361 g/mol. The van der Waals surface area contributed by atoms with E-state index in [9.17, 15) is 22.8 Å². The van der Waals surface area contributed by atoms with E-state index in [1.54, 1.807) is 22.9 Å². The van der Waals surface area contributed by atoms with E-state index in [0.29, 0.717) is 5.69 Å². The third kappa shape index (κ3) is 4.42. The number of nitrogens with one attached hydrogen (secondary N) is 2. The van der Waals surface area contributed by atoms with Crippen LogP contribution >= 0.6 is 0 Å². The van der Waals surface area contributed by atoms with Gasteiger partial charge in [0.15, 0.2) is 5.78 Å². The van der Waals surface area contributed by atoms with E-state index in [-0.39, 0.29) is 21.8 Å². The minimum Gasteiger partial charge on any atom is -0.351 e. The van der Waals surface area contributed by atoms with E-state index in [1.807, 2.05) is 0 Å². The Kier molecular flexibility index (Phi) is 5.18. The average Bonchev–Trinajstić information content (AvgIpc) is 2.54. The van der Waals surface area contributed by atoms with Crippen molar-refractivity contribution in [1.82, 2.24) is 4.72 Å². The number of sulfonamides is 1. The summed E-state index contributed by atoms with van der Waals surface area (Å²) in [5.41, 5.74) is 5.61. The molecule has 0 bridgehead atoms. The van der Waals surface area contributed by atoms with Crippen molar-refractivity contribution in [3.63, 3.8) is 0 Å². The van der Waals surface area contributed by atoms with E-state index in [1.165, 1.54) is 37.3 Å². The molecule has 0 aliphatic carbocycles. The van der Waals surface area contributed by atoms with Crippen LogP contribution in [0.4, 0.5) is 10.5 Å². The van der Waals surface area contributed by atoms with E-state index < -0.39 is 22.0 Å². The van der Waals surface area contributed by atoms with Crippen LogP contribution in [-0.4, -0.2) is 26.1 Å². The Morgan fingerprint density at radius 2 is 1.48 bits per heavy atom. The molecule has 8 nitrogen and oxygen atoms in total. The van der Waals surface area contributed by atoms with Crippen molar-refractivity contribution in [2.75, 3.05) is 5.32 Å². The van der Waals surface area contributed by atoms with Crippen LogP contribution in [-0.2, 0) is 10.0 Å². The van der Waals surface area contributed by atoms with Crippen LogP contribution in [0.1, 0.15) is 27.6 Å². The molecule has 130 valence electrons. The highest BCUT2D eigenvalue weighted by Gasteiger charge is 2.17. The molecule has 25 heavy (non-hydrogen) atoms. The van der Waals surface area contributed by atoms with Crippen molar-refractivity contribution in [3.8, 4) is 0 Å². The minimum atomic E-state index is -4.06. The number of anilines is 1. The maximum Gasteiger partial charge on any atom is 0.326 e. The van der Waals surface area contributed by atoms with Crippen LogP contribution in [0.3, 0.4) is 0 Å². The Hall–Kier alpha value is -3.20. The molecule has 0 aromatic heterocycles. The van der Waals surface area contributed by atoms with E-state index >= 15 is 0 Å². The third-order valence-corrected chi connectivity index (χ3v) is 4.57. The molecule has 0 fully saturated rings. The number of ketones is 1. The van der Waals surface area contributed by atoms with Crippen molar-refractivity contribution >= 4 is 33.4 Å². The standard InChI is InChI=1S/C16H15N3O5S/c1-10(20)13-4-2-3-5-14(13)15(21)18-11-6-8-12(9-7-11)25(23,24)19-16(17)22/h2-9H,1H3,(H,18,21)(H3,17,19,22). The zero-order chi connectivity index (χ0) is 18.6. The van der Waals surface area contributed by atoms with Gasteiger partial charge in [-0.15, -0.1) is 0 Å². The second-order valence-corrected chi connectivity index (χ2v) is 6.73. The van der Waals surface area contributed by atoms with Gasteiger partial charge < -0.3 is 11.1 Å². The van der Waals surface area contributed by atoms with E-state index in [0.717, 1.165) is 0 Å². The van der Waals surface area contributed by atoms with Crippen molar-refractivity contribution in [2.45, 2.75) is 11.8 Å². The number of nitrogens with two attached hydrogens (primary N) is 1. The van der Waals surface area contributed by atoms with Gasteiger partial charge in [-0.2, -0.15) is 0 Å². The zero-order valence-electron chi connectivity index (χ0n) is 13.1. The van der Waals surface area contributed by atoms with Gasteiger partial charge in [0.25, 0.3) is 15.9 Å². The molecule has 0 unspecified atom stereocenters. The van der Waals surface area contributed by atoms with Gasteiger partial charge in [0.1, 0.15) is 0 Å². The lowest BCUT2D eigenvalue weighted by Crippen LogP contribution is -2.34. The maximum atomic E-state index is 12.3. The average molecular weight is 361 g/mol. The van der Waals surface area contributed by atoms with Crippen molar-refractivity contribution < 1.29 is 22.8 Å². The number of hydrogen-bond acceptors (Lipinski definition) is 5. The SMILES string of the molecule is CC(=O)c1ccccc1C(=O)Nc1ccc(S(=O)(=O)NC(N)=O)cc1. The summed E-state index contributed by atoms with van der Waals surface area (Å²) in [6.07, 6.45) is 0. The third-order valence-electron chi connectivity index (χ3n) is 3.21. The number of urea groups is 1. The first-order valence-corrected chi connectivity index (χ1v) is 8.52. The molecule has 0 heterocycles. The van der Waals surface area contributed by atoms with Crippen LogP contribution in [0.2, 0.25) is 0 Å². The van der Waals surface area contributed by atoms with E-state index in [4.69, 9.17) is 5.73 Å². The Balaban J connectivity index is 2.21. The van der Waals surface area contributed by atoms with Gasteiger partial charge in [-0.3, -0.25) is 9.59 Å². The molecule has 0 spiro atoms. The first-order chi connectivity index (χ1) is 11.7. The summed E-state index contributed by atoms with van der Waals surface area (Å²) < 4.78 is 25.2. The van der Waals surface area contributed by atoms with Crippen LogP contribution in [0.5, 0.6) is 0 Å². The molecular weight excluding hydrogens is 346 g/mol. The summed E-state index contributed by atoms with van der Waals surface area (Å²) in [5, 5.41) is 2.57. The second-order valence-electron chi connectivity index (χ2n) is 5.05. The highest BCUT2D eigenvalue weighted by molar-refractivity contribution is 7.90. The largest absolute Gasteiger partial charge is 0.351 e. The first kappa shape index (κ1) is 18.1. The molecule has 0 atom stereocenters. The van der Waals surface area contributed by atoms with Crippen molar-refractivity contribution in [2.24, 2.45) is 5.73 Å². The van der Waals surface area contributed by atoms with Crippen LogP contribution in [0.15, 0.2) is 53.4 Å². The normalized spacial score (nSPS) is 10.8.